The first-order chi connectivity index (χ1) is 11.0. The number of carboxylic acid groups (broad SMARTS) is 1. The van der Waals surface area contributed by atoms with Crippen molar-refractivity contribution in [2.24, 2.45) is 0 Å². The molecule has 0 unspecified atom stereocenters. The third-order valence-corrected chi connectivity index (χ3v) is 3.53. The lowest BCUT2D eigenvalue weighted by atomic mass is 10.0. The number of benzene rings is 2. The van der Waals surface area contributed by atoms with E-state index < -0.39 is 17.9 Å². The summed E-state index contributed by atoms with van der Waals surface area (Å²) in [5.74, 6) is -1.11. The minimum atomic E-state index is -1.25. The smallest absolute Gasteiger partial charge is 0.251 e. The molecule has 1 N–H and O–H groups in total. The first kappa shape index (κ1) is 16.8. The second-order valence-electron chi connectivity index (χ2n) is 4.89. The van der Waals surface area contributed by atoms with Crippen molar-refractivity contribution in [3.05, 3.63) is 64.7 Å². The fourth-order valence-electron chi connectivity index (χ4n) is 2.12. The first-order valence-electron chi connectivity index (χ1n) is 6.90. The van der Waals surface area contributed by atoms with E-state index in [4.69, 9.17) is 16.3 Å². The molecule has 5 nitrogen and oxygen atoms in total. The molecule has 120 valence electrons. The van der Waals surface area contributed by atoms with Crippen molar-refractivity contribution in [2.45, 2.75) is 12.5 Å². The number of halogens is 1. The second kappa shape index (κ2) is 7.65. The largest absolute Gasteiger partial charge is 0.550 e. The number of carbonyl (C=O) groups is 2. The maximum absolute atomic E-state index is 12.3. The third kappa shape index (κ3) is 4.72. The lowest BCUT2D eigenvalue weighted by Gasteiger charge is -2.20. The summed E-state index contributed by atoms with van der Waals surface area (Å²) >= 11 is 5.83. The maximum atomic E-state index is 12.3. The molecule has 6 heteroatoms. The van der Waals surface area contributed by atoms with Crippen LogP contribution in [0.2, 0.25) is 5.02 Å². The predicted molar refractivity (Wildman–Crippen MR) is 84.3 cm³/mol. The Morgan fingerprint density at radius 1 is 1.22 bits per heavy atom. The molecule has 0 heterocycles. The van der Waals surface area contributed by atoms with Crippen LogP contribution in [0.5, 0.6) is 5.75 Å². The Bertz CT molecular complexity index is 700. The molecular formula is C17H15ClNO4-. The van der Waals surface area contributed by atoms with Crippen LogP contribution in [-0.2, 0) is 4.79 Å². The second-order valence-corrected chi connectivity index (χ2v) is 5.32. The van der Waals surface area contributed by atoms with E-state index in [0.717, 1.165) is 0 Å². The van der Waals surface area contributed by atoms with Crippen LogP contribution < -0.4 is 15.2 Å². The van der Waals surface area contributed by atoms with E-state index in [-0.39, 0.29) is 6.42 Å². The van der Waals surface area contributed by atoms with Gasteiger partial charge in [0.1, 0.15) is 5.75 Å². The van der Waals surface area contributed by atoms with Gasteiger partial charge in [-0.05, 0) is 35.9 Å². The van der Waals surface area contributed by atoms with E-state index in [2.05, 4.69) is 5.32 Å². The highest BCUT2D eigenvalue weighted by molar-refractivity contribution is 6.30. The highest BCUT2D eigenvalue weighted by Gasteiger charge is 2.16. The molecule has 2 aromatic carbocycles. The van der Waals surface area contributed by atoms with E-state index in [0.29, 0.717) is 21.9 Å². The molecule has 0 radical (unpaired) electrons. The Morgan fingerprint density at radius 3 is 2.52 bits per heavy atom. The summed E-state index contributed by atoms with van der Waals surface area (Å²) in [6, 6.07) is 12.5. The van der Waals surface area contributed by atoms with Crippen molar-refractivity contribution in [3.8, 4) is 5.75 Å². The zero-order chi connectivity index (χ0) is 16.8. The van der Waals surface area contributed by atoms with Gasteiger partial charge >= 0.3 is 0 Å². The molecule has 0 aliphatic rings. The van der Waals surface area contributed by atoms with Crippen LogP contribution in [0.1, 0.15) is 28.4 Å². The standard InChI is InChI=1S/C17H16ClNO4/c1-23-14-4-2-3-12(9-14)17(22)19-15(10-16(20)21)11-5-7-13(18)8-6-11/h2-9,15H,10H2,1H3,(H,19,22)(H,20,21)/p-1/t15-/m0/s1. The van der Waals surface area contributed by atoms with E-state index in [1.165, 1.54) is 7.11 Å². The van der Waals surface area contributed by atoms with E-state index in [9.17, 15) is 14.7 Å². The Hall–Kier alpha value is -2.53. The molecule has 0 spiro atoms. The molecule has 2 rings (SSSR count). The van der Waals surface area contributed by atoms with Crippen LogP contribution in [-0.4, -0.2) is 19.0 Å². The van der Waals surface area contributed by atoms with Gasteiger partial charge in [-0.2, -0.15) is 0 Å². The summed E-state index contributed by atoms with van der Waals surface area (Å²) in [5, 5.41) is 14.2. The van der Waals surface area contributed by atoms with Gasteiger partial charge < -0.3 is 20.0 Å². The summed E-state index contributed by atoms with van der Waals surface area (Å²) in [6.07, 6.45) is -0.336. The summed E-state index contributed by atoms with van der Waals surface area (Å²) in [6.45, 7) is 0. The van der Waals surface area contributed by atoms with Gasteiger partial charge in [0.05, 0.1) is 13.2 Å². The van der Waals surface area contributed by atoms with Gasteiger partial charge in [-0.15, -0.1) is 0 Å². The molecule has 0 fully saturated rings. The van der Waals surface area contributed by atoms with Gasteiger partial charge in [0.2, 0.25) is 0 Å². The lowest BCUT2D eigenvalue weighted by molar-refractivity contribution is -0.306. The minimum absolute atomic E-state index is 0.336. The van der Waals surface area contributed by atoms with Crippen LogP contribution in [0.3, 0.4) is 0 Å². The van der Waals surface area contributed by atoms with Crippen molar-refractivity contribution in [1.29, 1.82) is 0 Å². The topological polar surface area (TPSA) is 78.5 Å². The van der Waals surface area contributed by atoms with Gasteiger partial charge in [0, 0.05) is 23.0 Å². The van der Waals surface area contributed by atoms with Crippen LogP contribution >= 0.6 is 11.6 Å². The molecule has 0 saturated carbocycles. The Kier molecular flexibility index (Phi) is 5.60. The monoisotopic (exact) mass is 332 g/mol. The molecule has 0 bridgehead atoms. The Morgan fingerprint density at radius 2 is 1.91 bits per heavy atom. The highest BCUT2D eigenvalue weighted by Crippen LogP contribution is 2.20. The quantitative estimate of drug-likeness (QED) is 0.877. The number of amides is 1. The van der Waals surface area contributed by atoms with Gasteiger partial charge in [-0.25, -0.2) is 0 Å². The molecule has 2 aromatic rings. The number of carboxylic acids is 1. The molecule has 0 saturated heterocycles. The molecule has 0 aliphatic heterocycles. The molecule has 23 heavy (non-hydrogen) atoms. The highest BCUT2D eigenvalue weighted by atomic mass is 35.5. The summed E-state index contributed by atoms with van der Waals surface area (Å²) in [5.41, 5.74) is 1.01. The lowest BCUT2D eigenvalue weighted by Crippen LogP contribution is -2.34. The third-order valence-electron chi connectivity index (χ3n) is 3.28. The van der Waals surface area contributed by atoms with E-state index in [1.807, 2.05) is 0 Å². The average molecular weight is 333 g/mol. The zero-order valence-electron chi connectivity index (χ0n) is 12.4. The number of nitrogens with one attached hydrogen (secondary N) is 1. The normalized spacial score (nSPS) is 11.6. The minimum Gasteiger partial charge on any atom is -0.550 e. The zero-order valence-corrected chi connectivity index (χ0v) is 13.2. The molecule has 1 amide bonds. The summed E-state index contributed by atoms with van der Waals surface area (Å²) in [7, 11) is 1.50. The summed E-state index contributed by atoms with van der Waals surface area (Å²) < 4.78 is 5.07. The van der Waals surface area contributed by atoms with Gasteiger partial charge in [0.25, 0.3) is 5.91 Å². The van der Waals surface area contributed by atoms with E-state index in [1.54, 1.807) is 48.5 Å². The number of ether oxygens (including phenoxy) is 1. The SMILES string of the molecule is COc1cccc(C(=O)N[C@@H](CC(=O)[O-])c2ccc(Cl)cc2)c1. The fourth-order valence-corrected chi connectivity index (χ4v) is 2.25. The first-order valence-corrected chi connectivity index (χ1v) is 7.27. The fraction of sp³-hybridized carbons (Fsp3) is 0.176. The number of aliphatic carboxylic acids is 1. The molecular weight excluding hydrogens is 318 g/mol. The van der Waals surface area contributed by atoms with Crippen molar-refractivity contribution in [3.63, 3.8) is 0 Å². The number of hydrogen-bond donors (Lipinski definition) is 1. The molecule has 1 atom stereocenters. The van der Waals surface area contributed by atoms with Crippen molar-refractivity contribution in [2.75, 3.05) is 7.11 Å². The van der Waals surface area contributed by atoms with Gasteiger partial charge in [0.15, 0.2) is 0 Å². The average Bonchev–Trinajstić information content (AvgIpc) is 2.54. The number of carbonyl (C=O) groups excluding carboxylic acids is 2. The molecule has 0 aromatic heterocycles. The van der Waals surface area contributed by atoms with Gasteiger partial charge in [-0.3, -0.25) is 4.79 Å². The Balaban J connectivity index is 2.21. The van der Waals surface area contributed by atoms with E-state index >= 15 is 0 Å². The van der Waals surface area contributed by atoms with Crippen LogP contribution in [0.15, 0.2) is 48.5 Å². The molecule has 0 aliphatic carbocycles. The number of hydrogen-bond acceptors (Lipinski definition) is 4. The predicted octanol–water partition coefficient (Wildman–Crippen LogP) is 1.96. The van der Waals surface area contributed by atoms with Crippen LogP contribution in [0.4, 0.5) is 0 Å². The Labute approximate surface area is 138 Å². The number of rotatable bonds is 6. The summed E-state index contributed by atoms with van der Waals surface area (Å²) in [4.78, 5) is 23.3. The van der Waals surface area contributed by atoms with Gasteiger partial charge in [-0.1, -0.05) is 29.8 Å². The van der Waals surface area contributed by atoms with Crippen molar-refractivity contribution in [1.82, 2.24) is 5.32 Å². The number of methoxy groups -OCH3 is 1. The van der Waals surface area contributed by atoms with Crippen LogP contribution in [0, 0.1) is 0 Å². The maximum Gasteiger partial charge on any atom is 0.251 e. The van der Waals surface area contributed by atoms with Crippen molar-refractivity contribution >= 4 is 23.5 Å². The van der Waals surface area contributed by atoms with Crippen molar-refractivity contribution < 1.29 is 19.4 Å². The van der Waals surface area contributed by atoms with Crippen LogP contribution in [0.25, 0.3) is 0 Å².